The fourth-order valence-electron chi connectivity index (χ4n) is 7.52. The highest BCUT2D eigenvalue weighted by atomic mass is 15.0. The van der Waals surface area contributed by atoms with Crippen LogP contribution in [0.2, 0.25) is 0 Å². The van der Waals surface area contributed by atoms with Crippen molar-refractivity contribution in [2.24, 2.45) is 0 Å². The number of para-hydroxylation sites is 3. The Hall–Kier alpha value is -6.32. The van der Waals surface area contributed by atoms with E-state index in [2.05, 4.69) is 164 Å². The average Bonchev–Trinajstić information content (AvgIpc) is 3.50. The maximum absolute atomic E-state index is 5.26. The molecule has 2 aromatic heterocycles. The fraction of sp³-hybridized carbons (Fsp3) is 0.0435. The largest absolute Gasteiger partial charge is 0.309 e. The molecule has 3 heteroatoms. The molecule has 0 fully saturated rings. The van der Waals surface area contributed by atoms with Crippen LogP contribution in [0, 0.1) is 13.8 Å². The molecule has 0 saturated carbocycles. The normalized spacial score (nSPS) is 11.5. The zero-order chi connectivity index (χ0) is 32.9. The average molecular weight is 628 g/mol. The van der Waals surface area contributed by atoms with Gasteiger partial charge in [0.25, 0.3) is 0 Å². The molecule has 0 saturated heterocycles. The predicted molar refractivity (Wildman–Crippen MR) is 205 cm³/mol. The van der Waals surface area contributed by atoms with E-state index < -0.39 is 0 Å². The van der Waals surface area contributed by atoms with E-state index in [9.17, 15) is 0 Å². The highest BCUT2D eigenvalue weighted by molar-refractivity contribution is 6.12. The second kappa shape index (κ2) is 11.7. The number of hydrogen-bond acceptors (Lipinski definition) is 2. The molecule has 0 bridgehead atoms. The Bertz CT molecular complexity index is 2660. The van der Waals surface area contributed by atoms with Gasteiger partial charge in [-0.3, -0.25) is 0 Å². The van der Waals surface area contributed by atoms with Crippen molar-refractivity contribution < 1.29 is 0 Å². The van der Waals surface area contributed by atoms with Crippen molar-refractivity contribution in [3.05, 3.63) is 175 Å². The van der Waals surface area contributed by atoms with Gasteiger partial charge in [0.2, 0.25) is 0 Å². The van der Waals surface area contributed by atoms with Crippen LogP contribution in [-0.2, 0) is 0 Å². The van der Waals surface area contributed by atoms with Gasteiger partial charge in [-0.15, -0.1) is 0 Å². The predicted octanol–water partition coefficient (Wildman–Crippen LogP) is 12.0. The van der Waals surface area contributed by atoms with Gasteiger partial charge in [-0.1, -0.05) is 121 Å². The monoisotopic (exact) mass is 627 g/mol. The van der Waals surface area contributed by atoms with E-state index in [0.29, 0.717) is 0 Å². The van der Waals surface area contributed by atoms with Gasteiger partial charge in [0.05, 0.1) is 16.6 Å². The number of hydrogen-bond donors (Lipinski definition) is 0. The molecule has 2 heterocycles. The Morgan fingerprint density at radius 2 is 1.02 bits per heavy atom. The van der Waals surface area contributed by atoms with E-state index in [0.717, 1.165) is 50.2 Å². The van der Waals surface area contributed by atoms with Gasteiger partial charge >= 0.3 is 0 Å². The molecule has 0 amide bonds. The van der Waals surface area contributed by atoms with Crippen molar-refractivity contribution in [2.45, 2.75) is 13.8 Å². The van der Waals surface area contributed by atoms with Crippen molar-refractivity contribution in [2.75, 3.05) is 0 Å². The van der Waals surface area contributed by atoms with Gasteiger partial charge in [0.15, 0.2) is 5.82 Å². The summed E-state index contributed by atoms with van der Waals surface area (Å²) >= 11 is 0. The summed E-state index contributed by atoms with van der Waals surface area (Å²) in [7, 11) is 0. The molecular formula is C46H33N3. The molecule has 0 radical (unpaired) electrons. The number of benzene rings is 7. The molecule has 49 heavy (non-hydrogen) atoms. The third-order valence-electron chi connectivity index (χ3n) is 9.88. The van der Waals surface area contributed by atoms with Crippen LogP contribution in [0.25, 0.3) is 83.2 Å². The zero-order valence-electron chi connectivity index (χ0n) is 27.4. The SMILES string of the molecule is Cc1c(C)c(-c2ccccc2)c(-c2ncc3ccccc3n2)c(-c2ccc3c(c2)c2ccccc2n3-c2ccccc2)c1-c1ccccc1. The lowest BCUT2D eigenvalue weighted by atomic mass is 9.79. The lowest BCUT2D eigenvalue weighted by molar-refractivity contribution is 1.18. The molecule has 0 aliphatic rings. The van der Waals surface area contributed by atoms with Gasteiger partial charge in [-0.25, -0.2) is 9.97 Å². The van der Waals surface area contributed by atoms with Crippen LogP contribution < -0.4 is 0 Å². The van der Waals surface area contributed by atoms with E-state index >= 15 is 0 Å². The summed E-state index contributed by atoms with van der Waals surface area (Å²) in [4.78, 5) is 10.4. The van der Waals surface area contributed by atoms with Crippen molar-refractivity contribution in [3.63, 3.8) is 0 Å². The minimum absolute atomic E-state index is 0.722. The summed E-state index contributed by atoms with van der Waals surface area (Å²) in [5.41, 5.74) is 14.9. The van der Waals surface area contributed by atoms with E-state index in [1.807, 2.05) is 18.3 Å². The number of nitrogens with zero attached hydrogens (tertiary/aromatic N) is 3. The third-order valence-corrected chi connectivity index (χ3v) is 9.88. The quantitative estimate of drug-likeness (QED) is 0.190. The second-order valence-corrected chi connectivity index (χ2v) is 12.7. The van der Waals surface area contributed by atoms with Crippen LogP contribution in [0.3, 0.4) is 0 Å². The zero-order valence-corrected chi connectivity index (χ0v) is 27.4. The van der Waals surface area contributed by atoms with Crippen molar-refractivity contribution in [1.82, 2.24) is 14.5 Å². The number of aromatic nitrogens is 3. The van der Waals surface area contributed by atoms with Crippen LogP contribution in [0.5, 0.6) is 0 Å². The van der Waals surface area contributed by atoms with E-state index in [4.69, 9.17) is 9.97 Å². The maximum Gasteiger partial charge on any atom is 0.161 e. The van der Waals surface area contributed by atoms with E-state index in [1.165, 1.54) is 44.1 Å². The molecule has 0 unspecified atom stereocenters. The van der Waals surface area contributed by atoms with Gasteiger partial charge in [0, 0.05) is 39.2 Å². The summed E-state index contributed by atoms with van der Waals surface area (Å²) in [6.45, 7) is 4.51. The van der Waals surface area contributed by atoms with E-state index in [1.54, 1.807) is 0 Å². The Kier molecular flexibility index (Phi) is 6.91. The summed E-state index contributed by atoms with van der Waals surface area (Å²) in [5.74, 6) is 0.722. The lowest BCUT2D eigenvalue weighted by Crippen LogP contribution is -2.03. The Morgan fingerprint density at radius 1 is 0.449 bits per heavy atom. The van der Waals surface area contributed by atoms with E-state index in [-0.39, 0.29) is 0 Å². The van der Waals surface area contributed by atoms with Gasteiger partial charge in [-0.05, 0) is 89.2 Å². The lowest BCUT2D eigenvalue weighted by Gasteiger charge is -2.25. The highest BCUT2D eigenvalue weighted by Gasteiger charge is 2.26. The molecule has 0 aliphatic carbocycles. The number of rotatable bonds is 5. The van der Waals surface area contributed by atoms with Crippen molar-refractivity contribution in [1.29, 1.82) is 0 Å². The Labute approximate surface area is 285 Å². The van der Waals surface area contributed by atoms with Crippen LogP contribution in [-0.4, -0.2) is 14.5 Å². The van der Waals surface area contributed by atoms with Crippen molar-refractivity contribution in [3.8, 4) is 50.5 Å². The highest BCUT2D eigenvalue weighted by Crippen LogP contribution is 2.49. The standard InChI is InChI=1S/C46H33N3/c1-30-31(2)43(33-18-8-4-9-19-33)45(46-47-29-35-20-12-14-24-39(35)48-46)44(42(30)32-16-6-3-7-17-32)34-26-27-41-38(28-34)37-23-13-15-25-40(37)49(41)36-21-10-5-11-22-36/h3-29H,1-2H3. The van der Waals surface area contributed by atoms with Gasteiger partial charge in [-0.2, -0.15) is 0 Å². The van der Waals surface area contributed by atoms with Crippen LogP contribution >= 0.6 is 0 Å². The minimum Gasteiger partial charge on any atom is -0.309 e. The molecular weight excluding hydrogens is 595 g/mol. The minimum atomic E-state index is 0.722. The third kappa shape index (κ3) is 4.74. The first kappa shape index (κ1) is 28.9. The van der Waals surface area contributed by atoms with Gasteiger partial charge in [0.1, 0.15) is 0 Å². The fourth-order valence-corrected chi connectivity index (χ4v) is 7.52. The Morgan fingerprint density at radius 3 is 1.73 bits per heavy atom. The first-order valence-electron chi connectivity index (χ1n) is 16.8. The smallest absolute Gasteiger partial charge is 0.161 e. The molecule has 9 rings (SSSR count). The summed E-state index contributed by atoms with van der Waals surface area (Å²) < 4.78 is 2.37. The summed E-state index contributed by atoms with van der Waals surface area (Å²) in [6, 6.07) is 56.0. The van der Waals surface area contributed by atoms with Crippen LogP contribution in [0.4, 0.5) is 0 Å². The van der Waals surface area contributed by atoms with Crippen molar-refractivity contribution >= 4 is 32.7 Å². The summed E-state index contributed by atoms with van der Waals surface area (Å²) in [6.07, 6.45) is 1.96. The van der Waals surface area contributed by atoms with Crippen LogP contribution in [0.15, 0.2) is 164 Å². The molecule has 0 atom stereocenters. The second-order valence-electron chi connectivity index (χ2n) is 12.7. The van der Waals surface area contributed by atoms with Crippen LogP contribution in [0.1, 0.15) is 11.1 Å². The molecule has 3 nitrogen and oxygen atoms in total. The maximum atomic E-state index is 5.26. The number of fused-ring (bicyclic) bond motifs is 4. The molecule has 232 valence electrons. The summed E-state index contributed by atoms with van der Waals surface area (Å²) in [5, 5.41) is 3.46. The Balaban J connectivity index is 1.45. The first-order valence-corrected chi connectivity index (χ1v) is 16.8. The molecule has 0 spiro atoms. The van der Waals surface area contributed by atoms with Gasteiger partial charge < -0.3 is 4.57 Å². The molecule has 0 N–H and O–H groups in total. The topological polar surface area (TPSA) is 30.7 Å². The first-order chi connectivity index (χ1) is 24.2. The molecule has 7 aromatic carbocycles. The molecule has 9 aromatic rings. The molecule has 0 aliphatic heterocycles.